The molecule has 1 atom stereocenters. The fourth-order valence-electron chi connectivity index (χ4n) is 3.52. The van der Waals surface area contributed by atoms with Gasteiger partial charge in [-0.2, -0.15) is 0 Å². The van der Waals surface area contributed by atoms with E-state index in [2.05, 4.69) is 17.3 Å². The van der Waals surface area contributed by atoms with Gasteiger partial charge in [-0.25, -0.2) is 0 Å². The lowest BCUT2D eigenvalue weighted by atomic mass is 10.1. The molecule has 5 nitrogen and oxygen atoms in total. The van der Waals surface area contributed by atoms with Crippen LogP contribution >= 0.6 is 0 Å². The molecular weight excluding hydrogens is 302 g/mol. The van der Waals surface area contributed by atoms with E-state index in [4.69, 9.17) is 0 Å². The molecule has 1 fully saturated rings. The molecule has 128 valence electrons. The SMILES string of the molecule is CC(=O)c1cn(CCC(=O)NC2CCCN(C)C2)c2ccccc12. The number of Topliss-reactive ketones (excluding diaryl/α,β-unsaturated/α-hetero) is 1. The fourth-order valence-corrected chi connectivity index (χ4v) is 3.52. The van der Waals surface area contributed by atoms with Gasteiger partial charge in [0.1, 0.15) is 0 Å². The zero-order valence-electron chi connectivity index (χ0n) is 14.4. The van der Waals surface area contributed by atoms with Crippen molar-refractivity contribution in [3.05, 3.63) is 36.0 Å². The number of likely N-dealkylation sites (N-methyl/N-ethyl adjacent to an activating group) is 1. The van der Waals surface area contributed by atoms with Crippen molar-refractivity contribution < 1.29 is 9.59 Å². The molecule has 24 heavy (non-hydrogen) atoms. The highest BCUT2D eigenvalue weighted by atomic mass is 16.1. The van der Waals surface area contributed by atoms with Gasteiger partial charge in [-0.3, -0.25) is 9.59 Å². The first kappa shape index (κ1) is 16.7. The van der Waals surface area contributed by atoms with Crippen LogP contribution in [-0.2, 0) is 11.3 Å². The third-order valence-corrected chi connectivity index (χ3v) is 4.74. The Hall–Kier alpha value is -2.14. The average molecular weight is 327 g/mol. The molecule has 0 aliphatic carbocycles. The number of nitrogens with zero attached hydrogens (tertiary/aromatic N) is 2. The first-order valence-corrected chi connectivity index (χ1v) is 8.61. The number of fused-ring (bicyclic) bond motifs is 1. The second-order valence-corrected chi connectivity index (χ2v) is 6.73. The predicted octanol–water partition coefficient (Wildman–Crippen LogP) is 2.44. The van der Waals surface area contributed by atoms with Gasteiger partial charge < -0.3 is 14.8 Å². The van der Waals surface area contributed by atoms with Gasteiger partial charge in [-0.05, 0) is 39.4 Å². The van der Waals surface area contributed by atoms with Gasteiger partial charge in [0.15, 0.2) is 5.78 Å². The number of piperidine rings is 1. The van der Waals surface area contributed by atoms with Crippen molar-refractivity contribution in [1.29, 1.82) is 0 Å². The third-order valence-electron chi connectivity index (χ3n) is 4.74. The summed E-state index contributed by atoms with van der Waals surface area (Å²) in [6, 6.07) is 8.10. The van der Waals surface area contributed by atoms with E-state index in [1.807, 2.05) is 35.0 Å². The Morgan fingerprint density at radius 1 is 1.29 bits per heavy atom. The van der Waals surface area contributed by atoms with E-state index in [0.29, 0.717) is 13.0 Å². The number of rotatable bonds is 5. The van der Waals surface area contributed by atoms with E-state index in [1.165, 1.54) is 0 Å². The standard InChI is InChI=1S/C19H25N3O2/c1-14(23)17-13-22(18-8-4-3-7-16(17)18)11-9-19(24)20-15-6-5-10-21(2)12-15/h3-4,7-8,13,15H,5-6,9-12H2,1-2H3,(H,20,24). The number of carbonyl (C=O) groups excluding carboxylic acids is 2. The van der Waals surface area contributed by atoms with Crippen LogP contribution in [0.15, 0.2) is 30.5 Å². The molecule has 1 aromatic carbocycles. The van der Waals surface area contributed by atoms with Gasteiger partial charge in [0.05, 0.1) is 0 Å². The first-order chi connectivity index (χ1) is 11.5. The van der Waals surface area contributed by atoms with Crippen molar-refractivity contribution >= 4 is 22.6 Å². The van der Waals surface area contributed by atoms with Crippen molar-refractivity contribution in [3.8, 4) is 0 Å². The maximum atomic E-state index is 12.3. The molecule has 1 amide bonds. The topological polar surface area (TPSA) is 54.3 Å². The van der Waals surface area contributed by atoms with Crippen molar-refractivity contribution in [3.63, 3.8) is 0 Å². The molecule has 3 rings (SSSR count). The van der Waals surface area contributed by atoms with Crippen LogP contribution in [0.5, 0.6) is 0 Å². The van der Waals surface area contributed by atoms with Gasteiger partial charge in [0.2, 0.25) is 5.91 Å². The van der Waals surface area contributed by atoms with Gasteiger partial charge in [-0.15, -0.1) is 0 Å². The number of likely N-dealkylation sites (tertiary alicyclic amines) is 1. The van der Waals surface area contributed by atoms with Crippen LogP contribution in [0.3, 0.4) is 0 Å². The number of aromatic nitrogens is 1. The van der Waals surface area contributed by atoms with Crippen LogP contribution < -0.4 is 5.32 Å². The monoisotopic (exact) mass is 327 g/mol. The minimum Gasteiger partial charge on any atom is -0.352 e. The highest BCUT2D eigenvalue weighted by Gasteiger charge is 2.19. The van der Waals surface area contributed by atoms with Gasteiger partial charge >= 0.3 is 0 Å². The van der Waals surface area contributed by atoms with Gasteiger partial charge in [0.25, 0.3) is 0 Å². The average Bonchev–Trinajstić information content (AvgIpc) is 2.92. The van der Waals surface area contributed by atoms with Crippen LogP contribution in [0.25, 0.3) is 10.9 Å². The lowest BCUT2D eigenvalue weighted by molar-refractivity contribution is -0.122. The highest BCUT2D eigenvalue weighted by Crippen LogP contribution is 2.22. The summed E-state index contributed by atoms with van der Waals surface area (Å²) in [4.78, 5) is 26.3. The largest absolute Gasteiger partial charge is 0.352 e. The highest BCUT2D eigenvalue weighted by molar-refractivity contribution is 6.06. The number of hydrogen-bond donors (Lipinski definition) is 1. The zero-order chi connectivity index (χ0) is 17.1. The number of nitrogens with one attached hydrogen (secondary N) is 1. The molecule has 2 aromatic rings. The molecule has 1 aliphatic heterocycles. The Labute approximate surface area is 142 Å². The Morgan fingerprint density at radius 3 is 2.83 bits per heavy atom. The molecule has 1 aromatic heterocycles. The lowest BCUT2D eigenvalue weighted by Crippen LogP contribution is -2.46. The van der Waals surface area contributed by atoms with E-state index in [0.717, 1.165) is 42.4 Å². The minimum atomic E-state index is 0.0552. The molecule has 0 bridgehead atoms. The summed E-state index contributed by atoms with van der Waals surface area (Å²) in [5, 5.41) is 4.09. The molecule has 0 saturated carbocycles. The van der Waals surface area contributed by atoms with Crippen LogP contribution in [0.1, 0.15) is 36.5 Å². The molecule has 1 unspecified atom stereocenters. The molecule has 1 N–H and O–H groups in total. The number of ketones is 1. The lowest BCUT2D eigenvalue weighted by Gasteiger charge is -2.30. The molecule has 0 radical (unpaired) electrons. The Balaban J connectivity index is 1.65. The quantitative estimate of drug-likeness (QED) is 0.858. The van der Waals surface area contributed by atoms with Gasteiger partial charge in [0, 0.05) is 48.2 Å². The summed E-state index contributed by atoms with van der Waals surface area (Å²) < 4.78 is 2.01. The summed E-state index contributed by atoms with van der Waals surface area (Å²) in [5.74, 6) is 0.136. The summed E-state index contributed by atoms with van der Waals surface area (Å²) in [6.45, 7) is 4.20. The Morgan fingerprint density at radius 2 is 2.08 bits per heavy atom. The van der Waals surface area contributed by atoms with Crippen molar-refractivity contribution in [1.82, 2.24) is 14.8 Å². The number of para-hydroxylation sites is 1. The summed E-state index contributed by atoms with van der Waals surface area (Å²) in [6.07, 6.45) is 4.48. The molecule has 1 saturated heterocycles. The molecule has 1 aliphatic rings. The third kappa shape index (κ3) is 3.67. The molecule has 0 spiro atoms. The predicted molar refractivity (Wildman–Crippen MR) is 95.2 cm³/mol. The first-order valence-electron chi connectivity index (χ1n) is 8.61. The minimum absolute atomic E-state index is 0.0552. The van der Waals surface area contributed by atoms with E-state index in [1.54, 1.807) is 6.92 Å². The second kappa shape index (κ2) is 7.18. The van der Waals surface area contributed by atoms with E-state index < -0.39 is 0 Å². The number of hydrogen-bond acceptors (Lipinski definition) is 3. The summed E-state index contributed by atoms with van der Waals surface area (Å²) in [7, 11) is 2.09. The van der Waals surface area contributed by atoms with Crippen LogP contribution in [0.2, 0.25) is 0 Å². The smallest absolute Gasteiger partial charge is 0.222 e. The Kier molecular flexibility index (Phi) is 5.00. The van der Waals surface area contributed by atoms with E-state index in [9.17, 15) is 9.59 Å². The molecule has 5 heteroatoms. The second-order valence-electron chi connectivity index (χ2n) is 6.73. The van der Waals surface area contributed by atoms with Crippen LogP contribution in [0.4, 0.5) is 0 Å². The number of carbonyl (C=O) groups is 2. The number of benzene rings is 1. The van der Waals surface area contributed by atoms with Gasteiger partial charge in [-0.1, -0.05) is 18.2 Å². The molecular formula is C19H25N3O2. The maximum absolute atomic E-state index is 12.3. The molecule has 2 heterocycles. The van der Waals surface area contributed by atoms with Crippen molar-refractivity contribution in [2.75, 3.05) is 20.1 Å². The van der Waals surface area contributed by atoms with E-state index >= 15 is 0 Å². The normalized spacial score (nSPS) is 18.7. The summed E-state index contributed by atoms with van der Waals surface area (Å²) in [5.41, 5.74) is 1.73. The summed E-state index contributed by atoms with van der Waals surface area (Å²) >= 11 is 0. The van der Waals surface area contributed by atoms with Crippen molar-refractivity contribution in [2.45, 2.75) is 38.8 Å². The maximum Gasteiger partial charge on any atom is 0.222 e. The zero-order valence-corrected chi connectivity index (χ0v) is 14.4. The fraction of sp³-hybridized carbons (Fsp3) is 0.474. The number of aryl methyl sites for hydroxylation is 1. The van der Waals surface area contributed by atoms with Crippen LogP contribution in [0, 0.1) is 0 Å². The number of amides is 1. The van der Waals surface area contributed by atoms with E-state index in [-0.39, 0.29) is 17.7 Å². The van der Waals surface area contributed by atoms with Crippen molar-refractivity contribution in [2.24, 2.45) is 0 Å². The van der Waals surface area contributed by atoms with Crippen LogP contribution in [-0.4, -0.2) is 47.3 Å². The Bertz CT molecular complexity index is 750.